The number of alkyl halides is 3. The first-order valence-corrected chi connectivity index (χ1v) is 10.2. The van der Waals surface area contributed by atoms with Gasteiger partial charge in [0.25, 0.3) is 5.91 Å². The van der Waals surface area contributed by atoms with Gasteiger partial charge in [0.1, 0.15) is 11.5 Å². The van der Waals surface area contributed by atoms with Crippen LogP contribution in [0.3, 0.4) is 0 Å². The Bertz CT molecular complexity index is 807. The summed E-state index contributed by atoms with van der Waals surface area (Å²) in [7, 11) is 0. The molecule has 1 aromatic rings. The van der Waals surface area contributed by atoms with Gasteiger partial charge in [-0.25, -0.2) is 5.43 Å². The van der Waals surface area contributed by atoms with Crippen molar-refractivity contribution in [2.75, 3.05) is 0 Å². The molecule has 0 saturated heterocycles. The summed E-state index contributed by atoms with van der Waals surface area (Å²) in [6.45, 7) is 1.84. The number of hydrogen-bond donors (Lipinski definition) is 1. The third-order valence-electron chi connectivity index (χ3n) is 6.89. The molecule has 0 atom stereocenters. The monoisotopic (exact) mass is 406 g/mol. The molecular formula is C22H25F3N2O2. The van der Waals surface area contributed by atoms with Gasteiger partial charge in [-0.1, -0.05) is 17.7 Å². The third kappa shape index (κ3) is 4.09. The topological polar surface area (TPSA) is 58.5 Å². The minimum atomic E-state index is -4.77. The van der Waals surface area contributed by atoms with Crippen LogP contribution in [0.15, 0.2) is 29.4 Å². The number of rotatable bonds is 5. The van der Waals surface area contributed by atoms with Crippen LogP contribution in [-0.4, -0.2) is 23.6 Å². The average molecular weight is 406 g/mol. The van der Waals surface area contributed by atoms with E-state index in [2.05, 4.69) is 5.10 Å². The molecule has 4 bridgehead atoms. The minimum Gasteiger partial charge on any atom is -0.299 e. The Hall–Kier alpha value is -2.18. The molecule has 1 aromatic carbocycles. The molecule has 4 fully saturated rings. The van der Waals surface area contributed by atoms with Gasteiger partial charge in [0.15, 0.2) is 0 Å². The predicted octanol–water partition coefficient (Wildman–Crippen LogP) is 4.82. The molecule has 4 saturated carbocycles. The molecule has 5 rings (SSSR count). The Kier molecular flexibility index (Phi) is 5.03. The molecule has 0 spiro atoms. The maximum atomic E-state index is 13.5. The van der Waals surface area contributed by atoms with Crippen LogP contribution in [0.1, 0.15) is 60.9 Å². The molecule has 0 aliphatic heterocycles. The fraction of sp³-hybridized carbons (Fsp3) is 0.591. The van der Waals surface area contributed by atoms with Crippen LogP contribution in [-0.2, 0) is 4.79 Å². The summed E-state index contributed by atoms with van der Waals surface area (Å²) < 4.78 is 40.6. The van der Waals surface area contributed by atoms with E-state index in [1.54, 1.807) is 12.1 Å². The molecule has 4 aliphatic rings. The highest BCUT2D eigenvalue weighted by atomic mass is 19.4. The number of benzene rings is 1. The summed E-state index contributed by atoms with van der Waals surface area (Å²) in [4.78, 5) is 25.1. The largest absolute Gasteiger partial charge is 0.431 e. The van der Waals surface area contributed by atoms with E-state index in [1.165, 1.54) is 12.1 Å². The summed E-state index contributed by atoms with van der Waals surface area (Å²) in [6, 6.07) is 6.43. The predicted molar refractivity (Wildman–Crippen MR) is 102 cm³/mol. The van der Waals surface area contributed by atoms with Crippen molar-refractivity contribution in [1.29, 1.82) is 0 Å². The number of ketones is 1. The van der Waals surface area contributed by atoms with Crippen molar-refractivity contribution in [2.24, 2.45) is 28.3 Å². The first kappa shape index (κ1) is 20.1. The van der Waals surface area contributed by atoms with Gasteiger partial charge in [-0.05, 0) is 75.3 Å². The van der Waals surface area contributed by atoms with Crippen molar-refractivity contribution >= 4 is 17.4 Å². The number of nitrogens with one attached hydrogen (secondary N) is 1. The number of carbonyl (C=O) groups is 2. The lowest BCUT2D eigenvalue weighted by Crippen LogP contribution is -2.50. The van der Waals surface area contributed by atoms with Crippen LogP contribution in [0.4, 0.5) is 13.2 Å². The quantitative estimate of drug-likeness (QED) is 0.563. The highest BCUT2D eigenvalue weighted by molar-refractivity contribution is 6.07. The summed E-state index contributed by atoms with van der Waals surface area (Å²) >= 11 is 0. The fourth-order valence-corrected chi connectivity index (χ4v) is 5.88. The zero-order valence-electron chi connectivity index (χ0n) is 16.4. The average Bonchev–Trinajstić information content (AvgIpc) is 2.63. The Labute approximate surface area is 167 Å². The van der Waals surface area contributed by atoms with Gasteiger partial charge in [-0.2, -0.15) is 18.3 Å². The summed E-state index contributed by atoms with van der Waals surface area (Å²) in [5.74, 6) is 0.319. The second-order valence-corrected chi connectivity index (χ2v) is 9.16. The second-order valence-electron chi connectivity index (χ2n) is 9.16. The molecule has 0 aromatic heterocycles. The molecule has 29 heavy (non-hydrogen) atoms. The molecule has 0 unspecified atom stereocenters. The van der Waals surface area contributed by atoms with E-state index >= 15 is 0 Å². The van der Waals surface area contributed by atoms with Gasteiger partial charge < -0.3 is 0 Å². The SMILES string of the molecule is Cc1ccc(C(=O)N/N=C(/CC(=O)C23CC4CC(CC(C4)C2)C3)C(F)(F)F)cc1. The maximum Gasteiger partial charge on any atom is 0.431 e. The van der Waals surface area contributed by atoms with E-state index in [9.17, 15) is 22.8 Å². The summed E-state index contributed by atoms with van der Waals surface area (Å²) in [5, 5.41) is 3.33. The smallest absolute Gasteiger partial charge is 0.299 e. The zero-order valence-corrected chi connectivity index (χ0v) is 16.4. The van der Waals surface area contributed by atoms with Gasteiger partial charge in [-0.15, -0.1) is 0 Å². The highest BCUT2D eigenvalue weighted by Gasteiger charge is 2.55. The number of halogens is 3. The van der Waals surface area contributed by atoms with Crippen molar-refractivity contribution in [3.8, 4) is 0 Å². The number of Topliss-reactive ketones (excluding diaryl/α,β-unsaturated/α-hetero) is 1. The molecule has 0 radical (unpaired) electrons. The summed E-state index contributed by atoms with van der Waals surface area (Å²) in [5.41, 5.74) is 1.28. The molecule has 4 aliphatic carbocycles. The van der Waals surface area contributed by atoms with E-state index in [0.29, 0.717) is 37.0 Å². The van der Waals surface area contributed by atoms with E-state index in [1.807, 2.05) is 12.3 Å². The molecule has 1 amide bonds. The highest BCUT2D eigenvalue weighted by Crippen LogP contribution is 2.60. The molecule has 4 nitrogen and oxygen atoms in total. The van der Waals surface area contributed by atoms with E-state index in [-0.39, 0.29) is 11.3 Å². The second kappa shape index (κ2) is 7.26. The number of hydrazone groups is 1. The van der Waals surface area contributed by atoms with E-state index in [4.69, 9.17) is 0 Å². The Balaban J connectivity index is 1.49. The Morgan fingerprint density at radius 3 is 2.03 bits per heavy atom. The van der Waals surface area contributed by atoms with Gasteiger partial charge >= 0.3 is 6.18 Å². The summed E-state index contributed by atoms with van der Waals surface area (Å²) in [6.07, 6.45) is -0.0868. The van der Waals surface area contributed by atoms with Crippen molar-refractivity contribution in [2.45, 2.75) is 58.0 Å². The van der Waals surface area contributed by atoms with Gasteiger partial charge in [0.2, 0.25) is 0 Å². The van der Waals surface area contributed by atoms with Gasteiger partial charge in [-0.3, -0.25) is 9.59 Å². The normalized spacial score (nSPS) is 31.0. The lowest BCUT2D eigenvalue weighted by atomic mass is 9.48. The van der Waals surface area contributed by atoms with Crippen LogP contribution >= 0.6 is 0 Å². The van der Waals surface area contributed by atoms with Crippen LogP contribution in [0, 0.1) is 30.1 Å². The Morgan fingerprint density at radius 2 is 1.55 bits per heavy atom. The lowest BCUT2D eigenvalue weighted by Gasteiger charge is -2.56. The van der Waals surface area contributed by atoms with Crippen molar-refractivity contribution in [1.82, 2.24) is 5.43 Å². The minimum absolute atomic E-state index is 0.216. The lowest BCUT2D eigenvalue weighted by molar-refractivity contribution is -0.143. The van der Waals surface area contributed by atoms with Crippen molar-refractivity contribution in [3.63, 3.8) is 0 Å². The van der Waals surface area contributed by atoms with Crippen LogP contribution < -0.4 is 5.43 Å². The number of hydrogen-bond acceptors (Lipinski definition) is 3. The maximum absolute atomic E-state index is 13.5. The molecule has 7 heteroatoms. The van der Waals surface area contributed by atoms with E-state index < -0.39 is 29.6 Å². The first-order valence-electron chi connectivity index (χ1n) is 10.2. The van der Waals surface area contributed by atoms with Crippen LogP contribution in [0.5, 0.6) is 0 Å². The van der Waals surface area contributed by atoms with Crippen molar-refractivity contribution < 1.29 is 22.8 Å². The number of carbonyl (C=O) groups excluding carboxylic acids is 2. The fourth-order valence-electron chi connectivity index (χ4n) is 5.88. The van der Waals surface area contributed by atoms with Crippen LogP contribution in [0.2, 0.25) is 0 Å². The third-order valence-corrected chi connectivity index (χ3v) is 6.89. The van der Waals surface area contributed by atoms with Crippen molar-refractivity contribution in [3.05, 3.63) is 35.4 Å². The van der Waals surface area contributed by atoms with Gasteiger partial charge in [0.05, 0.1) is 6.42 Å². The molecule has 0 heterocycles. The molecule has 1 N–H and O–H groups in total. The number of nitrogens with zero attached hydrogens (tertiary/aromatic N) is 1. The van der Waals surface area contributed by atoms with Gasteiger partial charge in [0, 0.05) is 11.0 Å². The molecule has 156 valence electrons. The number of amides is 1. The number of aryl methyl sites for hydroxylation is 1. The Morgan fingerprint density at radius 1 is 1.03 bits per heavy atom. The zero-order chi connectivity index (χ0) is 20.8. The first-order chi connectivity index (χ1) is 13.6. The van der Waals surface area contributed by atoms with E-state index in [0.717, 1.165) is 24.8 Å². The standard InChI is InChI=1S/C22H25F3N2O2/c1-13-2-4-17(5-3-13)20(29)27-26-18(22(23,24)25)9-19(28)21-10-14-6-15(11-21)8-16(7-14)12-21/h2-5,14-16H,6-12H2,1H3,(H,27,29)/b26-18-. The molecular weight excluding hydrogens is 381 g/mol. The van der Waals surface area contributed by atoms with Crippen LogP contribution in [0.25, 0.3) is 0 Å².